The topological polar surface area (TPSA) is 27.3 Å². The van der Waals surface area contributed by atoms with Gasteiger partial charge in [-0.05, 0) is 49.5 Å². The van der Waals surface area contributed by atoms with E-state index in [1.54, 1.807) is 6.07 Å². The van der Waals surface area contributed by atoms with Crippen molar-refractivity contribution in [2.45, 2.75) is 18.9 Å². The minimum absolute atomic E-state index is 0. The first-order valence-corrected chi connectivity index (χ1v) is 7.74. The van der Waals surface area contributed by atoms with Gasteiger partial charge in [0.15, 0.2) is 0 Å². The number of nitrogens with zero attached hydrogens (tertiary/aromatic N) is 1. The van der Waals surface area contributed by atoms with E-state index >= 15 is 0 Å². The Balaban J connectivity index is 0.00000121. The van der Waals surface area contributed by atoms with Crippen molar-refractivity contribution < 1.29 is 4.39 Å². The minimum Gasteiger partial charge on any atom is -0.316 e. The van der Waals surface area contributed by atoms with Crippen molar-refractivity contribution in [1.82, 2.24) is 15.5 Å². The Bertz CT molecular complexity index is 441. The summed E-state index contributed by atoms with van der Waals surface area (Å²) in [4.78, 5) is 2.53. The zero-order valence-electron chi connectivity index (χ0n) is 12.8. The lowest BCUT2D eigenvalue weighted by Gasteiger charge is -2.39. The van der Waals surface area contributed by atoms with Gasteiger partial charge in [-0.25, -0.2) is 4.39 Å². The van der Waals surface area contributed by atoms with Crippen LogP contribution in [-0.4, -0.2) is 44.2 Å². The summed E-state index contributed by atoms with van der Waals surface area (Å²) in [5.41, 5.74) is 1.10. The number of benzene rings is 1. The molecule has 2 saturated heterocycles. The molecule has 0 amide bonds. The Morgan fingerprint density at radius 3 is 2.68 bits per heavy atom. The molecule has 2 heterocycles. The molecule has 1 aromatic rings. The molecule has 3 rings (SSSR count). The van der Waals surface area contributed by atoms with E-state index in [0.717, 1.165) is 50.7 Å². The standard InChI is InChI=1S/C16H24FN3.2ClH/c17-15-5-1-4-14(9-15)16-11-19-7-8-20(16)12-13-3-2-6-18-10-13;;/h1,4-5,9,13,16,18-19H,2-3,6-8,10-12H2;2*1H. The first kappa shape index (κ1) is 19.7. The highest BCUT2D eigenvalue weighted by atomic mass is 35.5. The Kier molecular flexibility index (Phi) is 8.65. The van der Waals surface area contributed by atoms with Crippen LogP contribution < -0.4 is 10.6 Å². The average molecular weight is 350 g/mol. The molecule has 3 nitrogen and oxygen atoms in total. The summed E-state index contributed by atoms with van der Waals surface area (Å²) >= 11 is 0. The third-order valence-electron chi connectivity index (χ3n) is 4.48. The number of hydrogen-bond acceptors (Lipinski definition) is 3. The highest BCUT2D eigenvalue weighted by Crippen LogP contribution is 2.25. The Morgan fingerprint density at radius 1 is 1.14 bits per heavy atom. The summed E-state index contributed by atoms with van der Waals surface area (Å²) in [7, 11) is 0. The quantitative estimate of drug-likeness (QED) is 0.878. The SMILES string of the molecule is Cl.Cl.Fc1cccc(C2CNCCN2CC2CCCNC2)c1. The largest absolute Gasteiger partial charge is 0.316 e. The Hall–Kier alpha value is -0.390. The van der Waals surface area contributed by atoms with Crippen LogP contribution in [0.4, 0.5) is 4.39 Å². The van der Waals surface area contributed by atoms with Crippen LogP contribution in [0.5, 0.6) is 0 Å². The second kappa shape index (κ2) is 9.68. The van der Waals surface area contributed by atoms with Gasteiger partial charge in [-0.1, -0.05) is 12.1 Å². The monoisotopic (exact) mass is 349 g/mol. The highest BCUT2D eigenvalue weighted by molar-refractivity contribution is 5.85. The van der Waals surface area contributed by atoms with Crippen molar-refractivity contribution in [3.05, 3.63) is 35.6 Å². The zero-order chi connectivity index (χ0) is 13.8. The van der Waals surface area contributed by atoms with Crippen LogP contribution in [-0.2, 0) is 0 Å². The van der Waals surface area contributed by atoms with Crippen molar-refractivity contribution in [1.29, 1.82) is 0 Å². The van der Waals surface area contributed by atoms with Gasteiger partial charge in [-0.15, -0.1) is 24.8 Å². The predicted octanol–water partition coefficient (Wildman–Crippen LogP) is 2.62. The molecule has 126 valence electrons. The smallest absolute Gasteiger partial charge is 0.123 e. The number of nitrogens with one attached hydrogen (secondary N) is 2. The molecule has 0 radical (unpaired) electrons. The summed E-state index contributed by atoms with van der Waals surface area (Å²) in [5.74, 6) is 0.602. The van der Waals surface area contributed by atoms with Crippen LogP contribution in [0.2, 0.25) is 0 Å². The fourth-order valence-corrected chi connectivity index (χ4v) is 3.42. The first-order chi connectivity index (χ1) is 9.83. The molecular weight excluding hydrogens is 324 g/mol. The van der Waals surface area contributed by atoms with E-state index in [-0.39, 0.29) is 30.6 Å². The van der Waals surface area contributed by atoms with Crippen LogP contribution in [0.3, 0.4) is 0 Å². The first-order valence-electron chi connectivity index (χ1n) is 7.74. The van der Waals surface area contributed by atoms with E-state index in [1.807, 2.05) is 12.1 Å². The Morgan fingerprint density at radius 2 is 1.95 bits per heavy atom. The maximum absolute atomic E-state index is 13.5. The van der Waals surface area contributed by atoms with Gasteiger partial charge in [-0.2, -0.15) is 0 Å². The molecule has 2 fully saturated rings. The van der Waals surface area contributed by atoms with Gasteiger partial charge < -0.3 is 10.6 Å². The number of halogens is 3. The lowest BCUT2D eigenvalue weighted by molar-refractivity contribution is 0.127. The third-order valence-corrected chi connectivity index (χ3v) is 4.48. The summed E-state index contributed by atoms with van der Waals surface area (Å²) in [6.45, 7) is 6.41. The van der Waals surface area contributed by atoms with Crippen molar-refractivity contribution in [2.24, 2.45) is 5.92 Å². The van der Waals surface area contributed by atoms with Gasteiger partial charge in [0.1, 0.15) is 5.82 Å². The third kappa shape index (κ3) is 5.07. The molecule has 0 bridgehead atoms. The van der Waals surface area contributed by atoms with Gasteiger partial charge in [0, 0.05) is 32.2 Å². The lowest BCUT2D eigenvalue weighted by Crippen LogP contribution is -2.49. The highest BCUT2D eigenvalue weighted by Gasteiger charge is 2.26. The summed E-state index contributed by atoms with van der Waals surface area (Å²) in [6, 6.07) is 7.38. The van der Waals surface area contributed by atoms with E-state index < -0.39 is 0 Å². The van der Waals surface area contributed by atoms with Crippen molar-refractivity contribution in [3.63, 3.8) is 0 Å². The summed E-state index contributed by atoms with van der Waals surface area (Å²) < 4.78 is 13.5. The van der Waals surface area contributed by atoms with E-state index in [4.69, 9.17) is 0 Å². The Labute approximate surface area is 144 Å². The molecule has 22 heavy (non-hydrogen) atoms. The molecule has 2 aliphatic rings. The maximum Gasteiger partial charge on any atom is 0.123 e. The van der Waals surface area contributed by atoms with Crippen molar-refractivity contribution in [2.75, 3.05) is 39.3 Å². The molecule has 0 spiro atoms. The van der Waals surface area contributed by atoms with Crippen LogP contribution in [0, 0.1) is 11.7 Å². The van der Waals surface area contributed by atoms with Crippen molar-refractivity contribution >= 4 is 24.8 Å². The molecule has 2 atom stereocenters. The normalized spacial score (nSPS) is 25.9. The lowest BCUT2D eigenvalue weighted by atomic mass is 9.96. The fraction of sp³-hybridized carbons (Fsp3) is 0.625. The second-order valence-corrected chi connectivity index (χ2v) is 5.98. The number of rotatable bonds is 3. The summed E-state index contributed by atoms with van der Waals surface area (Å²) in [5, 5.41) is 6.93. The van der Waals surface area contributed by atoms with Gasteiger partial charge in [0.2, 0.25) is 0 Å². The van der Waals surface area contributed by atoms with E-state index in [9.17, 15) is 4.39 Å². The van der Waals surface area contributed by atoms with Crippen LogP contribution in [0.15, 0.2) is 24.3 Å². The molecule has 6 heteroatoms. The zero-order valence-corrected chi connectivity index (χ0v) is 14.4. The van der Waals surface area contributed by atoms with Crippen molar-refractivity contribution in [3.8, 4) is 0 Å². The van der Waals surface area contributed by atoms with E-state index in [1.165, 1.54) is 18.9 Å². The number of hydrogen-bond donors (Lipinski definition) is 2. The number of piperazine rings is 1. The maximum atomic E-state index is 13.5. The van der Waals surface area contributed by atoms with Crippen LogP contribution in [0.25, 0.3) is 0 Å². The molecule has 0 saturated carbocycles. The molecule has 1 aromatic carbocycles. The van der Waals surface area contributed by atoms with Gasteiger partial charge in [0.25, 0.3) is 0 Å². The van der Waals surface area contributed by atoms with Crippen LogP contribution in [0.1, 0.15) is 24.4 Å². The van der Waals surface area contributed by atoms with E-state index in [2.05, 4.69) is 15.5 Å². The minimum atomic E-state index is -0.132. The molecule has 0 aromatic heterocycles. The molecular formula is C16H26Cl2FN3. The van der Waals surface area contributed by atoms with Crippen LogP contribution >= 0.6 is 24.8 Å². The van der Waals surface area contributed by atoms with Gasteiger partial charge in [0.05, 0.1) is 0 Å². The van der Waals surface area contributed by atoms with E-state index in [0.29, 0.717) is 6.04 Å². The van der Waals surface area contributed by atoms with Gasteiger partial charge in [-0.3, -0.25) is 4.90 Å². The number of piperidine rings is 1. The summed E-state index contributed by atoms with van der Waals surface area (Å²) in [6.07, 6.45) is 2.59. The van der Waals surface area contributed by atoms with Gasteiger partial charge >= 0.3 is 0 Å². The average Bonchev–Trinajstić information content (AvgIpc) is 2.49. The molecule has 2 aliphatic heterocycles. The predicted molar refractivity (Wildman–Crippen MR) is 93.7 cm³/mol. The fourth-order valence-electron chi connectivity index (χ4n) is 3.42. The molecule has 0 aliphatic carbocycles. The molecule has 2 unspecified atom stereocenters. The second-order valence-electron chi connectivity index (χ2n) is 5.98. The molecule has 2 N–H and O–H groups in total.